The molecule has 23 heavy (non-hydrogen) atoms. The number of rotatable bonds is 7. The molecular weight excluding hydrogens is 315 g/mol. The van der Waals surface area contributed by atoms with Crippen LogP contribution >= 0.6 is 11.8 Å². The molecule has 0 saturated carbocycles. The topological polar surface area (TPSA) is 61.4 Å². The highest BCUT2D eigenvalue weighted by molar-refractivity contribution is 7.99. The normalized spacial score (nSPS) is 11.7. The Morgan fingerprint density at radius 2 is 1.78 bits per heavy atom. The summed E-state index contributed by atoms with van der Waals surface area (Å²) in [6, 6.07) is 15.5. The Balaban J connectivity index is 1.64. The van der Waals surface area contributed by atoms with Gasteiger partial charge in [-0.3, -0.25) is 0 Å². The number of amides is 2. The van der Waals surface area contributed by atoms with Crippen molar-refractivity contribution < 1.29 is 14.3 Å². The number of nitrogens with one attached hydrogen (secondary N) is 2. The number of benzene rings is 2. The van der Waals surface area contributed by atoms with Crippen molar-refractivity contribution in [1.82, 2.24) is 10.6 Å². The van der Waals surface area contributed by atoms with E-state index in [2.05, 4.69) is 10.6 Å². The van der Waals surface area contributed by atoms with E-state index >= 15 is 0 Å². The van der Waals surface area contributed by atoms with E-state index in [0.29, 0.717) is 6.54 Å². The maximum Gasteiger partial charge on any atom is 0.314 e. The number of hydrogen-bond donors (Lipinski definition) is 3. The van der Waals surface area contributed by atoms with E-state index < -0.39 is 11.9 Å². The summed E-state index contributed by atoms with van der Waals surface area (Å²) in [4.78, 5) is 12.8. The molecule has 0 aromatic heterocycles. The van der Waals surface area contributed by atoms with Crippen LogP contribution in [0.15, 0.2) is 59.5 Å². The van der Waals surface area contributed by atoms with Crippen LogP contribution < -0.4 is 10.6 Å². The van der Waals surface area contributed by atoms with Gasteiger partial charge in [-0.1, -0.05) is 36.4 Å². The van der Waals surface area contributed by atoms with Crippen molar-refractivity contribution in [2.24, 2.45) is 0 Å². The van der Waals surface area contributed by atoms with Crippen LogP contribution in [0, 0.1) is 5.82 Å². The standard InChI is InChI=1S/C17H19FN2O2S/c18-15-9-5-4-8-14(15)16(21)12-20-17(22)19-10-11-23-13-6-2-1-3-7-13/h1-9,16,21H,10-12H2,(H2,19,20,22). The van der Waals surface area contributed by atoms with Crippen LogP contribution in [0.1, 0.15) is 11.7 Å². The highest BCUT2D eigenvalue weighted by Crippen LogP contribution is 2.16. The third-order valence-electron chi connectivity index (χ3n) is 3.12. The molecule has 1 atom stereocenters. The minimum Gasteiger partial charge on any atom is -0.386 e. The fourth-order valence-corrected chi connectivity index (χ4v) is 2.75. The first kappa shape index (κ1) is 17.3. The molecule has 2 amide bonds. The molecule has 0 heterocycles. The third kappa shape index (κ3) is 5.92. The summed E-state index contributed by atoms with van der Waals surface area (Å²) < 4.78 is 13.5. The molecule has 0 aliphatic heterocycles. The second-order valence-corrected chi connectivity index (χ2v) is 6.00. The maximum absolute atomic E-state index is 13.5. The SMILES string of the molecule is O=C(NCCSc1ccccc1)NCC(O)c1ccccc1F. The Labute approximate surface area is 139 Å². The Morgan fingerprint density at radius 3 is 2.52 bits per heavy atom. The van der Waals surface area contributed by atoms with Crippen molar-refractivity contribution in [3.63, 3.8) is 0 Å². The van der Waals surface area contributed by atoms with Crippen LogP contribution in [0.2, 0.25) is 0 Å². The van der Waals surface area contributed by atoms with E-state index in [9.17, 15) is 14.3 Å². The number of aliphatic hydroxyl groups is 1. The molecule has 1 unspecified atom stereocenters. The van der Waals surface area contributed by atoms with Crippen molar-refractivity contribution in [3.8, 4) is 0 Å². The van der Waals surface area contributed by atoms with Gasteiger partial charge in [-0.2, -0.15) is 0 Å². The van der Waals surface area contributed by atoms with Gasteiger partial charge in [0.25, 0.3) is 0 Å². The smallest absolute Gasteiger partial charge is 0.314 e. The van der Waals surface area contributed by atoms with Crippen molar-refractivity contribution >= 4 is 17.8 Å². The van der Waals surface area contributed by atoms with Crippen molar-refractivity contribution in [1.29, 1.82) is 0 Å². The molecule has 0 bridgehead atoms. The summed E-state index contributed by atoms with van der Waals surface area (Å²) in [5, 5.41) is 15.1. The zero-order chi connectivity index (χ0) is 16.5. The fraction of sp³-hybridized carbons (Fsp3) is 0.235. The zero-order valence-electron chi connectivity index (χ0n) is 12.5. The molecule has 3 N–H and O–H groups in total. The predicted octanol–water partition coefficient (Wildman–Crippen LogP) is 2.95. The summed E-state index contributed by atoms with van der Waals surface area (Å²) in [5.41, 5.74) is 0.174. The van der Waals surface area contributed by atoms with Gasteiger partial charge in [0.2, 0.25) is 0 Å². The number of hydrogen-bond acceptors (Lipinski definition) is 3. The molecule has 0 aliphatic rings. The predicted molar refractivity (Wildman–Crippen MR) is 89.9 cm³/mol. The number of urea groups is 1. The van der Waals surface area contributed by atoms with Crippen molar-refractivity contribution in [2.45, 2.75) is 11.0 Å². The molecule has 2 rings (SSSR count). The Morgan fingerprint density at radius 1 is 1.09 bits per heavy atom. The first-order valence-electron chi connectivity index (χ1n) is 7.29. The van der Waals surface area contributed by atoms with Gasteiger partial charge in [-0.25, -0.2) is 9.18 Å². The van der Waals surface area contributed by atoms with Crippen LogP contribution in [-0.4, -0.2) is 30.0 Å². The van der Waals surface area contributed by atoms with Gasteiger partial charge in [-0.15, -0.1) is 11.8 Å². The van der Waals surface area contributed by atoms with Gasteiger partial charge < -0.3 is 15.7 Å². The molecule has 0 spiro atoms. The lowest BCUT2D eigenvalue weighted by Crippen LogP contribution is -2.38. The van der Waals surface area contributed by atoms with Crippen LogP contribution in [0.5, 0.6) is 0 Å². The second kappa shape index (κ2) is 9.17. The van der Waals surface area contributed by atoms with E-state index in [1.165, 1.54) is 12.1 Å². The zero-order valence-corrected chi connectivity index (χ0v) is 13.4. The number of carbonyl (C=O) groups excluding carboxylic acids is 1. The number of halogens is 1. The highest BCUT2D eigenvalue weighted by Gasteiger charge is 2.12. The minimum atomic E-state index is -1.07. The molecule has 0 fully saturated rings. The number of thioether (sulfide) groups is 1. The van der Waals surface area contributed by atoms with Crippen LogP contribution in [0.4, 0.5) is 9.18 Å². The van der Waals surface area contributed by atoms with E-state index in [4.69, 9.17) is 0 Å². The molecule has 4 nitrogen and oxygen atoms in total. The van der Waals surface area contributed by atoms with Gasteiger partial charge in [0, 0.05) is 29.3 Å². The van der Waals surface area contributed by atoms with Crippen LogP contribution in [0.25, 0.3) is 0 Å². The molecule has 122 valence electrons. The largest absolute Gasteiger partial charge is 0.386 e. The van der Waals surface area contributed by atoms with E-state index in [0.717, 1.165) is 10.6 Å². The van der Waals surface area contributed by atoms with E-state index in [1.807, 2.05) is 30.3 Å². The molecule has 0 aliphatic carbocycles. The molecule has 0 saturated heterocycles. The fourth-order valence-electron chi connectivity index (χ4n) is 1.96. The Hall–Kier alpha value is -2.05. The highest BCUT2D eigenvalue weighted by atomic mass is 32.2. The van der Waals surface area contributed by atoms with Gasteiger partial charge in [-0.05, 0) is 18.2 Å². The summed E-state index contributed by atoms with van der Waals surface area (Å²) in [6.45, 7) is 0.458. The first-order chi connectivity index (χ1) is 11.2. The Kier molecular flexibility index (Phi) is 6.90. The van der Waals surface area contributed by atoms with Crippen molar-refractivity contribution in [3.05, 3.63) is 66.0 Å². The van der Waals surface area contributed by atoms with Crippen molar-refractivity contribution in [2.75, 3.05) is 18.8 Å². The average molecular weight is 334 g/mol. The quantitative estimate of drug-likeness (QED) is 0.539. The average Bonchev–Trinajstić information content (AvgIpc) is 2.58. The molecular formula is C17H19FN2O2S. The third-order valence-corrected chi connectivity index (χ3v) is 4.13. The second-order valence-electron chi connectivity index (χ2n) is 4.84. The monoisotopic (exact) mass is 334 g/mol. The lowest BCUT2D eigenvalue weighted by molar-refractivity contribution is 0.169. The minimum absolute atomic E-state index is 0.0431. The molecule has 2 aromatic rings. The summed E-state index contributed by atoms with van der Waals surface area (Å²) in [6.07, 6.45) is -1.07. The summed E-state index contributed by atoms with van der Waals surface area (Å²) >= 11 is 1.64. The lowest BCUT2D eigenvalue weighted by Gasteiger charge is -2.13. The molecule has 0 radical (unpaired) electrons. The molecule has 2 aromatic carbocycles. The Bertz CT molecular complexity index is 625. The van der Waals surface area contributed by atoms with Crippen LogP contribution in [-0.2, 0) is 0 Å². The van der Waals surface area contributed by atoms with Gasteiger partial charge in [0.05, 0.1) is 6.10 Å². The number of carbonyl (C=O) groups is 1. The summed E-state index contributed by atoms with van der Waals surface area (Å²) in [5.74, 6) is 0.259. The molecule has 6 heteroatoms. The van der Waals surface area contributed by atoms with Gasteiger partial charge in [0.1, 0.15) is 5.82 Å². The first-order valence-corrected chi connectivity index (χ1v) is 8.27. The van der Waals surface area contributed by atoms with Gasteiger partial charge >= 0.3 is 6.03 Å². The lowest BCUT2D eigenvalue weighted by atomic mass is 10.1. The van der Waals surface area contributed by atoms with E-state index in [-0.39, 0.29) is 18.1 Å². The summed E-state index contributed by atoms with van der Waals surface area (Å²) in [7, 11) is 0. The maximum atomic E-state index is 13.5. The van der Waals surface area contributed by atoms with Crippen LogP contribution in [0.3, 0.4) is 0 Å². The van der Waals surface area contributed by atoms with Gasteiger partial charge in [0.15, 0.2) is 0 Å². The number of aliphatic hydroxyl groups excluding tert-OH is 1. The van der Waals surface area contributed by atoms with E-state index in [1.54, 1.807) is 23.9 Å².